The van der Waals surface area contributed by atoms with Crippen molar-refractivity contribution in [3.63, 3.8) is 0 Å². The Morgan fingerprint density at radius 3 is 2.90 bits per heavy atom. The normalized spacial score (nSPS) is 10.8. The van der Waals surface area contributed by atoms with Crippen LogP contribution in [0.1, 0.15) is 5.69 Å². The molecular formula is C13H14Br2N4O2. The van der Waals surface area contributed by atoms with Crippen molar-refractivity contribution in [1.29, 1.82) is 0 Å². The molecule has 21 heavy (non-hydrogen) atoms. The molecule has 0 saturated heterocycles. The van der Waals surface area contributed by atoms with E-state index in [1.54, 1.807) is 13.3 Å². The molecule has 0 radical (unpaired) electrons. The van der Waals surface area contributed by atoms with E-state index in [9.17, 15) is 4.79 Å². The van der Waals surface area contributed by atoms with E-state index in [0.29, 0.717) is 36.9 Å². The van der Waals surface area contributed by atoms with Gasteiger partial charge in [-0.1, -0.05) is 0 Å². The summed E-state index contributed by atoms with van der Waals surface area (Å²) in [6.07, 6.45) is 1.66. The first-order chi connectivity index (χ1) is 10.1. The number of H-pyrrole nitrogens is 1. The van der Waals surface area contributed by atoms with E-state index in [2.05, 4.69) is 52.1 Å². The van der Waals surface area contributed by atoms with E-state index in [4.69, 9.17) is 4.74 Å². The lowest BCUT2D eigenvalue weighted by Gasteiger charge is -2.07. The zero-order valence-corrected chi connectivity index (χ0v) is 14.5. The molecule has 8 heteroatoms. The lowest BCUT2D eigenvalue weighted by molar-refractivity contribution is 0.199. The van der Waals surface area contributed by atoms with Crippen LogP contribution < -0.4 is 10.9 Å². The maximum absolute atomic E-state index is 11.8. The molecule has 0 fully saturated rings. The van der Waals surface area contributed by atoms with Crippen LogP contribution in [0.4, 0.5) is 0 Å². The number of rotatable bonds is 6. The molecule has 0 unspecified atom stereocenters. The van der Waals surface area contributed by atoms with Gasteiger partial charge in [-0.3, -0.25) is 9.78 Å². The van der Waals surface area contributed by atoms with E-state index in [1.807, 2.05) is 6.07 Å². The molecular weight excluding hydrogens is 404 g/mol. The lowest BCUT2D eigenvalue weighted by Crippen LogP contribution is -2.21. The van der Waals surface area contributed by atoms with Crippen molar-refractivity contribution in [3.8, 4) is 11.5 Å². The highest BCUT2D eigenvalue weighted by molar-refractivity contribution is 9.11. The van der Waals surface area contributed by atoms with Gasteiger partial charge in [0.2, 0.25) is 0 Å². The number of nitrogens with one attached hydrogen (secondary N) is 2. The minimum absolute atomic E-state index is 0.208. The third-order valence-corrected chi connectivity index (χ3v) is 3.65. The highest BCUT2D eigenvalue weighted by atomic mass is 79.9. The van der Waals surface area contributed by atoms with E-state index in [-0.39, 0.29) is 5.56 Å². The number of aromatic amines is 1. The fourth-order valence-electron chi connectivity index (χ4n) is 1.69. The van der Waals surface area contributed by atoms with Gasteiger partial charge in [0, 0.05) is 41.4 Å². The van der Waals surface area contributed by atoms with Crippen LogP contribution >= 0.6 is 31.9 Å². The average Bonchev–Trinajstić information content (AvgIpc) is 2.43. The smallest absolute Gasteiger partial charge is 0.251 e. The van der Waals surface area contributed by atoms with Crippen LogP contribution in [0, 0.1) is 0 Å². The quantitative estimate of drug-likeness (QED) is 0.703. The van der Waals surface area contributed by atoms with Gasteiger partial charge in [0.1, 0.15) is 5.69 Å². The summed E-state index contributed by atoms with van der Waals surface area (Å²) in [5, 5.41) is 3.15. The Kier molecular flexibility index (Phi) is 6.04. The average molecular weight is 418 g/mol. The molecule has 6 nitrogen and oxygen atoms in total. The first-order valence-corrected chi connectivity index (χ1v) is 7.80. The summed E-state index contributed by atoms with van der Waals surface area (Å²) in [4.78, 5) is 23.1. The third kappa shape index (κ3) is 4.70. The SMILES string of the molecule is COCCNCc1cc(=O)[nH]c(-c2ncc(Br)cc2Br)n1. The molecule has 2 N–H and O–H groups in total. The molecule has 0 spiro atoms. The van der Waals surface area contributed by atoms with E-state index in [0.717, 1.165) is 8.95 Å². The molecule has 0 aromatic carbocycles. The standard InChI is InChI=1S/C13H14Br2N4O2/c1-21-3-2-16-7-9-5-11(20)19-13(18-9)12-10(15)4-8(14)6-17-12/h4-6,16H,2-3,7H2,1H3,(H,18,19,20). The van der Waals surface area contributed by atoms with Crippen LogP contribution in [0.2, 0.25) is 0 Å². The molecule has 2 aromatic heterocycles. The largest absolute Gasteiger partial charge is 0.383 e. The monoisotopic (exact) mass is 416 g/mol. The number of halogens is 2. The summed E-state index contributed by atoms with van der Waals surface area (Å²) in [5.41, 5.74) is 1.04. The van der Waals surface area contributed by atoms with Crippen molar-refractivity contribution >= 4 is 31.9 Å². The summed E-state index contributed by atoms with van der Waals surface area (Å²) in [7, 11) is 1.64. The van der Waals surface area contributed by atoms with Crippen molar-refractivity contribution in [2.75, 3.05) is 20.3 Å². The van der Waals surface area contributed by atoms with Gasteiger partial charge >= 0.3 is 0 Å². The summed E-state index contributed by atoms with van der Waals surface area (Å²) < 4.78 is 6.55. The lowest BCUT2D eigenvalue weighted by atomic mass is 10.3. The zero-order valence-electron chi connectivity index (χ0n) is 11.3. The van der Waals surface area contributed by atoms with E-state index in [1.165, 1.54) is 6.07 Å². The zero-order chi connectivity index (χ0) is 15.2. The first kappa shape index (κ1) is 16.3. The molecule has 112 valence electrons. The molecule has 2 aromatic rings. The Labute approximate surface area is 138 Å². The van der Waals surface area contributed by atoms with Gasteiger partial charge in [0.25, 0.3) is 5.56 Å². The van der Waals surface area contributed by atoms with Gasteiger partial charge in [-0.05, 0) is 37.9 Å². The van der Waals surface area contributed by atoms with Crippen LogP contribution in [0.5, 0.6) is 0 Å². The summed E-state index contributed by atoms with van der Waals surface area (Å²) in [6.45, 7) is 1.80. The maximum Gasteiger partial charge on any atom is 0.251 e. The van der Waals surface area contributed by atoms with Gasteiger partial charge in [-0.2, -0.15) is 0 Å². The van der Waals surface area contributed by atoms with Crippen molar-refractivity contribution in [1.82, 2.24) is 20.3 Å². The Morgan fingerprint density at radius 2 is 2.19 bits per heavy atom. The predicted octanol–water partition coefficient (Wildman–Crippen LogP) is 2.09. The van der Waals surface area contributed by atoms with Crippen molar-refractivity contribution in [2.24, 2.45) is 0 Å². The van der Waals surface area contributed by atoms with Gasteiger partial charge in [-0.15, -0.1) is 0 Å². The summed E-state index contributed by atoms with van der Waals surface area (Å²) in [6, 6.07) is 3.32. The second kappa shape index (κ2) is 7.79. The third-order valence-electron chi connectivity index (χ3n) is 2.62. The van der Waals surface area contributed by atoms with E-state index >= 15 is 0 Å². The van der Waals surface area contributed by atoms with Crippen molar-refractivity contribution < 1.29 is 4.74 Å². The number of hydrogen-bond acceptors (Lipinski definition) is 5. The predicted molar refractivity (Wildman–Crippen MR) is 87.1 cm³/mol. The molecule has 0 atom stereocenters. The fraction of sp³-hybridized carbons (Fsp3) is 0.308. The number of ether oxygens (including phenoxy) is 1. The van der Waals surface area contributed by atoms with Gasteiger partial charge in [-0.25, -0.2) is 4.98 Å². The highest BCUT2D eigenvalue weighted by Crippen LogP contribution is 2.25. The second-order valence-electron chi connectivity index (χ2n) is 4.24. The Hall–Kier alpha value is -1.09. The minimum atomic E-state index is -0.208. The van der Waals surface area contributed by atoms with Crippen LogP contribution in [0.15, 0.2) is 32.1 Å². The Balaban J connectivity index is 2.24. The number of methoxy groups -OCH3 is 1. The number of nitrogens with zero attached hydrogens (tertiary/aromatic N) is 2. The Morgan fingerprint density at radius 1 is 1.38 bits per heavy atom. The topological polar surface area (TPSA) is 79.9 Å². The fourth-order valence-corrected chi connectivity index (χ4v) is 2.87. The molecule has 0 amide bonds. The van der Waals surface area contributed by atoms with E-state index < -0.39 is 0 Å². The molecule has 0 aliphatic heterocycles. The molecule has 0 aliphatic carbocycles. The van der Waals surface area contributed by atoms with Crippen LogP contribution in [-0.4, -0.2) is 35.2 Å². The van der Waals surface area contributed by atoms with Crippen LogP contribution in [-0.2, 0) is 11.3 Å². The number of hydrogen-bond donors (Lipinski definition) is 2. The molecule has 0 saturated carbocycles. The molecule has 2 heterocycles. The first-order valence-electron chi connectivity index (χ1n) is 6.21. The Bertz CT molecular complexity index is 675. The van der Waals surface area contributed by atoms with Gasteiger partial charge in [0.05, 0.1) is 12.3 Å². The number of aromatic nitrogens is 3. The second-order valence-corrected chi connectivity index (χ2v) is 6.01. The molecule has 0 bridgehead atoms. The molecule has 0 aliphatic rings. The summed E-state index contributed by atoms with van der Waals surface area (Å²) in [5.74, 6) is 0.436. The summed E-state index contributed by atoms with van der Waals surface area (Å²) >= 11 is 6.76. The maximum atomic E-state index is 11.8. The van der Waals surface area contributed by atoms with Crippen LogP contribution in [0.3, 0.4) is 0 Å². The van der Waals surface area contributed by atoms with Crippen molar-refractivity contribution in [2.45, 2.75) is 6.54 Å². The number of pyridine rings is 1. The minimum Gasteiger partial charge on any atom is -0.383 e. The molecule has 2 rings (SSSR count). The van der Waals surface area contributed by atoms with Crippen LogP contribution in [0.25, 0.3) is 11.5 Å². The highest BCUT2D eigenvalue weighted by Gasteiger charge is 2.09. The van der Waals surface area contributed by atoms with Gasteiger partial charge < -0.3 is 15.0 Å². The van der Waals surface area contributed by atoms with Gasteiger partial charge in [0.15, 0.2) is 5.82 Å². The van der Waals surface area contributed by atoms with Crippen molar-refractivity contribution in [3.05, 3.63) is 43.3 Å².